The molecule has 0 radical (unpaired) electrons. The second kappa shape index (κ2) is 8.26. The summed E-state index contributed by atoms with van der Waals surface area (Å²) in [6, 6.07) is 18.5. The summed E-state index contributed by atoms with van der Waals surface area (Å²) in [5, 5.41) is 10.4. The van der Waals surface area contributed by atoms with Crippen molar-refractivity contribution >= 4 is 17.4 Å². The third kappa shape index (κ3) is 4.67. The molecule has 2 aromatic carbocycles. The van der Waals surface area contributed by atoms with E-state index in [0.717, 1.165) is 5.56 Å². The van der Waals surface area contributed by atoms with E-state index in [9.17, 15) is 14.7 Å². The molecule has 0 aromatic heterocycles. The normalized spacial score (nSPS) is 12.9. The SMILES string of the molecule is CC(=O)[C@@](O)(CCCc1ccccc1)C(=O)ONc1ccccc1. The number of nitrogens with one attached hydrogen (secondary N) is 1. The molecule has 0 spiro atoms. The lowest BCUT2D eigenvalue weighted by Gasteiger charge is -2.23. The molecule has 126 valence electrons. The minimum absolute atomic E-state index is 0.00648. The van der Waals surface area contributed by atoms with Crippen molar-refractivity contribution in [2.75, 3.05) is 5.48 Å². The van der Waals surface area contributed by atoms with Gasteiger partial charge in [-0.2, -0.15) is 0 Å². The summed E-state index contributed by atoms with van der Waals surface area (Å²) in [5.74, 6) is -1.62. The first-order valence-corrected chi connectivity index (χ1v) is 7.82. The number of benzene rings is 2. The second-order valence-corrected chi connectivity index (χ2v) is 5.61. The molecule has 0 saturated heterocycles. The Kier molecular flexibility index (Phi) is 6.09. The summed E-state index contributed by atoms with van der Waals surface area (Å²) in [7, 11) is 0. The van der Waals surface area contributed by atoms with Crippen LogP contribution in [0.4, 0.5) is 5.69 Å². The van der Waals surface area contributed by atoms with Crippen LogP contribution in [0.5, 0.6) is 0 Å². The van der Waals surface area contributed by atoms with Gasteiger partial charge in [-0.1, -0.05) is 48.5 Å². The maximum Gasteiger partial charge on any atom is 0.370 e. The Bertz CT molecular complexity index is 672. The molecule has 5 heteroatoms. The Balaban J connectivity index is 1.93. The monoisotopic (exact) mass is 327 g/mol. The largest absolute Gasteiger partial charge is 0.372 e. The molecule has 0 saturated carbocycles. The lowest BCUT2D eigenvalue weighted by molar-refractivity contribution is -0.168. The van der Waals surface area contributed by atoms with E-state index in [4.69, 9.17) is 4.84 Å². The van der Waals surface area contributed by atoms with Crippen molar-refractivity contribution in [3.63, 3.8) is 0 Å². The van der Waals surface area contributed by atoms with Crippen molar-refractivity contribution in [2.45, 2.75) is 31.8 Å². The zero-order chi connectivity index (χ0) is 17.4. The van der Waals surface area contributed by atoms with Crippen LogP contribution in [0.15, 0.2) is 60.7 Å². The van der Waals surface area contributed by atoms with Gasteiger partial charge in [-0.05, 0) is 43.9 Å². The fourth-order valence-electron chi connectivity index (χ4n) is 2.31. The summed E-state index contributed by atoms with van der Waals surface area (Å²) < 4.78 is 0. The summed E-state index contributed by atoms with van der Waals surface area (Å²) in [4.78, 5) is 28.8. The predicted molar refractivity (Wildman–Crippen MR) is 91.2 cm³/mol. The first-order valence-electron chi connectivity index (χ1n) is 7.82. The molecule has 2 N–H and O–H groups in total. The van der Waals surface area contributed by atoms with Crippen LogP contribution in [0.1, 0.15) is 25.3 Å². The van der Waals surface area contributed by atoms with Gasteiger partial charge in [-0.3, -0.25) is 4.79 Å². The molecule has 0 heterocycles. The maximum absolute atomic E-state index is 12.2. The molecule has 0 aliphatic rings. The number of hydrogen-bond donors (Lipinski definition) is 2. The number of anilines is 1. The quantitative estimate of drug-likeness (QED) is 0.576. The van der Waals surface area contributed by atoms with E-state index in [1.54, 1.807) is 24.3 Å². The van der Waals surface area contributed by atoms with Crippen LogP contribution in [0.25, 0.3) is 0 Å². The van der Waals surface area contributed by atoms with Crippen molar-refractivity contribution < 1.29 is 19.5 Å². The topological polar surface area (TPSA) is 75.6 Å². The van der Waals surface area contributed by atoms with Gasteiger partial charge in [0, 0.05) is 0 Å². The number of carbonyl (C=O) groups excluding carboxylic acids is 2. The van der Waals surface area contributed by atoms with Gasteiger partial charge in [0.15, 0.2) is 5.78 Å². The Hall–Kier alpha value is -2.66. The highest BCUT2D eigenvalue weighted by atomic mass is 16.7. The average molecular weight is 327 g/mol. The minimum Gasteiger partial charge on any atom is -0.372 e. The summed E-state index contributed by atoms with van der Waals surface area (Å²) in [6.07, 6.45) is 1.16. The molecule has 0 aliphatic carbocycles. The number of carbonyl (C=O) groups is 2. The van der Waals surface area contributed by atoms with E-state index in [0.29, 0.717) is 18.5 Å². The molecule has 0 fully saturated rings. The number of para-hydroxylation sites is 1. The van der Waals surface area contributed by atoms with Gasteiger partial charge in [0.1, 0.15) is 0 Å². The van der Waals surface area contributed by atoms with E-state index in [1.165, 1.54) is 6.92 Å². The van der Waals surface area contributed by atoms with E-state index in [-0.39, 0.29) is 6.42 Å². The van der Waals surface area contributed by atoms with Crippen LogP contribution in [-0.4, -0.2) is 22.5 Å². The Morgan fingerprint density at radius 3 is 2.21 bits per heavy atom. The molecule has 0 unspecified atom stereocenters. The molecule has 2 aromatic rings. The van der Waals surface area contributed by atoms with Gasteiger partial charge >= 0.3 is 5.97 Å². The highest BCUT2D eigenvalue weighted by molar-refractivity contribution is 6.05. The smallest absolute Gasteiger partial charge is 0.370 e. The van der Waals surface area contributed by atoms with Crippen LogP contribution >= 0.6 is 0 Å². The van der Waals surface area contributed by atoms with Crippen LogP contribution in [0, 0.1) is 0 Å². The molecule has 5 nitrogen and oxygen atoms in total. The number of ketones is 1. The maximum atomic E-state index is 12.2. The summed E-state index contributed by atoms with van der Waals surface area (Å²) >= 11 is 0. The van der Waals surface area contributed by atoms with Crippen LogP contribution in [-0.2, 0) is 20.8 Å². The first kappa shape index (κ1) is 17.7. The van der Waals surface area contributed by atoms with Crippen molar-refractivity contribution in [1.82, 2.24) is 0 Å². The van der Waals surface area contributed by atoms with Crippen LogP contribution in [0.2, 0.25) is 0 Å². The lowest BCUT2D eigenvalue weighted by Crippen LogP contribution is -2.47. The highest BCUT2D eigenvalue weighted by Crippen LogP contribution is 2.19. The van der Waals surface area contributed by atoms with E-state index in [1.807, 2.05) is 36.4 Å². The zero-order valence-electron chi connectivity index (χ0n) is 13.6. The van der Waals surface area contributed by atoms with E-state index >= 15 is 0 Å². The van der Waals surface area contributed by atoms with Gasteiger partial charge in [-0.15, -0.1) is 0 Å². The van der Waals surface area contributed by atoms with Gasteiger partial charge in [0.05, 0.1) is 5.69 Å². The fraction of sp³-hybridized carbons (Fsp3) is 0.263. The molecule has 0 aliphatic heterocycles. The second-order valence-electron chi connectivity index (χ2n) is 5.61. The Morgan fingerprint density at radius 2 is 1.62 bits per heavy atom. The van der Waals surface area contributed by atoms with Gasteiger partial charge < -0.3 is 9.94 Å². The van der Waals surface area contributed by atoms with Crippen molar-refractivity contribution in [2.24, 2.45) is 0 Å². The minimum atomic E-state index is -2.14. The zero-order valence-corrected chi connectivity index (χ0v) is 13.6. The molecular weight excluding hydrogens is 306 g/mol. The van der Waals surface area contributed by atoms with E-state index in [2.05, 4.69) is 5.48 Å². The van der Waals surface area contributed by atoms with Crippen LogP contribution < -0.4 is 5.48 Å². The standard InChI is InChI=1S/C19H21NO4/c1-15(21)19(23,14-8-11-16-9-4-2-5-10-16)18(22)24-20-17-12-6-3-7-13-17/h2-7,9-10,12-13,20,23H,8,11,14H2,1H3/t19-/m0/s1. The Labute approximate surface area is 141 Å². The molecular formula is C19H21NO4. The average Bonchev–Trinajstić information content (AvgIpc) is 2.61. The summed E-state index contributed by atoms with van der Waals surface area (Å²) in [5.41, 5.74) is 1.95. The molecule has 24 heavy (non-hydrogen) atoms. The molecule has 0 amide bonds. The van der Waals surface area contributed by atoms with Crippen molar-refractivity contribution in [3.8, 4) is 0 Å². The molecule has 2 rings (SSSR count). The van der Waals surface area contributed by atoms with Crippen LogP contribution in [0.3, 0.4) is 0 Å². The van der Waals surface area contributed by atoms with Gasteiger partial charge in [0.25, 0.3) is 0 Å². The Morgan fingerprint density at radius 1 is 1.04 bits per heavy atom. The summed E-state index contributed by atoms with van der Waals surface area (Å²) in [6.45, 7) is 1.19. The number of aliphatic hydroxyl groups is 1. The fourth-order valence-corrected chi connectivity index (χ4v) is 2.31. The third-order valence-electron chi connectivity index (χ3n) is 3.80. The number of aryl methyl sites for hydroxylation is 1. The number of Topliss-reactive ketones (excluding diaryl/α,β-unsaturated/α-hetero) is 1. The van der Waals surface area contributed by atoms with Gasteiger partial charge in [0.2, 0.25) is 5.60 Å². The van der Waals surface area contributed by atoms with Crippen molar-refractivity contribution in [3.05, 3.63) is 66.2 Å². The third-order valence-corrected chi connectivity index (χ3v) is 3.80. The molecule has 0 bridgehead atoms. The number of hydrogen-bond acceptors (Lipinski definition) is 5. The molecule has 1 atom stereocenters. The first-order chi connectivity index (χ1) is 11.5. The van der Waals surface area contributed by atoms with Gasteiger partial charge in [-0.25, -0.2) is 10.3 Å². The number of rotatable bonds is 8. The lowest BCUT2D eigenvalue weighted by atomic mass is 9.91. The highest BCUT2D eigenvalue weighted by Gasteiger charge is 2.42. The predicted octanol–water partition coefficient (Wildman–Crippen LogP) is 2.90. The van der Waals surface area contributed by atoms with Crippen molar-refractivity contribution in [1.29, 1.82) is 0 Å². The van der Waals surface area contributed by atoms with E-state index < -0.39 is 17.4 Å².